The van der Waals surface area contributed by atoms with Gasteiger partial charge in [0.2, 0.25) is 10.0 Å². The van der Waals surface area contributed by atoms with Gasteiger partial charge >= 0.3 is 6.16 Å². The van der Waals surface area contributed by atoms with E-state index in [9.17, 15) is 13.2 Å². The molecule has 4 rings (SSSR count). The lowest BCUT2D eigenvalue weighted by atomic mass is 9.97. The number of nitrogens with zero attached hydrogens (tertiary/aromatic N) is 5. The molecule has 2 aliphatic rings. The number of aromatic nitrogens is 2. The van der Waals surface area contributed by atoms with Crippen molar-refractivity contribution in [3.63, 3.8) is 0 Å². The highest BCUT2D eigenvalue weighted by Crippen LogP contribution is 2.24. The Labute approximate surface area is 230 Å². The van der Waals surface area contributed by atoms with E-state index < -0.39 is 21.8 Å². The van der Waals surface area contributed by atoms with Crippen molar-refractivity contribution >= 4 is 33.5 Å². The Morgan fingerprint density at radius 1 is 1.10 bits per heavy atom. The highest BCUT2D eigenvalue weighted by Gasteiger charge is 2.27. The Morgan fingerprint density at radius 2 is 1.77 bits per heavy atom. The molecule has 12 nitrogen and oxygen atoms in total. The molecule has 2 aromatic rings. The zero-order chi connectivity index (χ0) is 28.0. The van der Waals surface area contributed by atoms with Gasteiger partial charge in [-0.15, -0.1) is 5.06 Å². The molecule has 0 amide bonds. The van der Waals surface area contributed by atoms with Crippen molar-refractivity contribution in [3.8, 4) is 0 Å². The second-order valence-electron chi connectivity index (χ2n) is 10.7. The van der Waals surface area contributed by atoms with Crippen LogP contribution in [-0.4, -0.2) is 92.5 Å². The number of carbonyl (C=O) groups is 1. The maximum absolute atomic E-state index is 12.8. The molecule has 0 unspecified atom stereocenters. The topological polar surface area (TPSA) is 126 Å². The monoisotopic (exact) mass is 562 g/mol. The fraction of sp³-hybridized carbons (Fsp3) is 0.577. The maximum Gasteiger partial charge on any atom is 0.528 e. The van der Waals surface area contributed by atoms with Crippen LogP contribution in [0, 0.1) is 5.92 Å². The lowest BCUT2D eigenvalue weighted by Crippen LogP contribution is -2.40. The Hall–Kier alpha value is -3.00. The quantitative estimate of drug-likeness (QED) is 0.476. The van der Waals surface area contributed by atoms with Crippen LogP contribution in [0.15, 0.2) is 41.6 Å². The lowest BCUT2D eigenvalue weighted by molar-refractivity contribution is -0.154. The minimum atomic E-state index is -3.54. The van der Waals surface area contributed by atoms with Crippen LogP contribution in [0.3, 0.4) is 0 Å². The number of hydroxylamine groups is 2. The van der Waals surface area contributed by atoms with E-state index in [4.69, 9.17) is 14.3 Å². The SMILES string of the molecule is CN(CC1CCN(OC(=O)OC(C)(C)C)CC1)c1cc(Nc2ccc(S(=O)(=O)N3CCOCC3)cc2)ncn1. The second-order valence-corrected chi connectivity index (χ2v) is 12.7. The van der Waals surface area contributed by atoms with Crippen LogP contribution in [0.2, 0.25) is 0 Å². The maximum atomic E-state index is 12.8. The van der Waals surface area contributed by atoms with Gasteiger partial charge in [-0.1, -0.05) is 0 Å². The molecule has 0 atom stereocenters. The smallest absolute Gasteiger partial charge is 0.427 e. The van der Waals surface area contributed by atoms with Gasteiger partial charge in [0.1, 0.15) is 23.6 Å². The number of ether oxygens (including phenoxy) is 2. The van der Waals surface area contributed by atoms with E-state index in [0.717, 1.165) is 30.9 Å². The van der Waals surface area contributed by atoms with Gasteiger partial charge in [0.05, 0.1) is 18.1 Å². The molecule has 2 saturated heterocycles. The molecule has 2 fully saturated rings. The summed E-state index contributed by atoms with van der Waals surface area (Å²) in [5.41, 5.74) is 0.136. The number of benzene rings is 1. The van der Waals surface area contributed by atoms with Crippen LogP contribution >= 0.6 is 0 Å². The van der Waals surface area contributed by atoms with Crippen LogP contribution in [0.1, 0.15) is 33.6 Å². The van der Waals surface area contributed by atoms with Crippen LogP contribution < -0.4 is 10.2 Å². The summed E-state index contributed by atoms with van der Waals surface area (Å²) >= 11 is 0. The first-order valence-corrected chi connectivity index (χ1v) is 14.6. The summed E-state index contributed by atoms with van der Waals surface area (Å²) in [6.07, 6.45) is 2.59. The third-order valence-corrected chi connectivity index (χ3v) is 8.39. The fourth-order valence-corrected chi connectivity index (χ4v) is 5.86. The van der Waals surface area contributed by atoms with Gasteiger partial charge in [0, 0.05) is 51.5 Å². The molecule has 39 heavy (non-hydrogen) atoms. The molecular formula is C26H38N6O6S. The van der Waals surface area contributed by atoms with Crippen molar-refractivity contribution in [1.29, 1.82) is 0 Å². The van der Waals surface area contributed by atoms with Crippen LogP contribution in [-0.2, 0) is 24.3 Å². The van der Waals surface area contributed by atoms with E-state index in [1.54, 1.807) is 50.1 Å². The average molecular weight is 563 g/mol. The highest BCUT2D eigenvalue weighted by atomic mass is 32.2. The predicted octanol–water partition coefficient (Wildman–Crippen LogP) is 3.26. The lowest BCUT2D eigenvalue weighted by Gasteiger charge is -2.33. The van der Waals surface area contributed by atoms with E-state index in [0.29, 0.717) is 51.1 Å². The molecule has 1 aromatic heterocycles. The second kappa shape index (κ2) is 12.5. The van der Waals surface area contributed by atoms with E-state index in [2.05, 4.69) is 20.2 Å². The highest BCUT2D eigenvalue weighted by molar-refractivity contribution is 7.89. The summed E-state index contributed by atoms with van der Waals surface area (Å²) in [5, 5.41) is 4.89. The molecule has 3 heterocycles. The number of piperidine rings is 1. The Kier molecular flexibility index (Phi) is 9.26. The Morgan fingerprint density at radius 3 is 2.41 bits per heavy atom. The molecule has 0 aliphatic carbocycles. The number of morpholine rings is 1. The first kappa shape index (κ1) is 29.0. The van der Waals surface area contributed by atoms with Crippen molar-refractivity contribution in [2.75, 3.05) is 63.2 Å². The van der Waals surface area contributed by atoms with Crippen LogP contribution in [0.25, 0.3) is 0 Å². The summed E-state index contributed by atoms with van der Waals surface area (Å²) in [4.78, 5) is 28.3. The molecule has 0 bridgehead atoms. The zero-order valence-electron chi connectivity index (χ0n) is 23.0. The number of nitrogens with one attached hydrogen (secondary N) is 1. The fourth-order valence-electron chi connectivity index (χ4n) is 4.46. The van der Waals surface area contributed by atoms with Crippen molar-refractivity contribution < 1.29 is 27.5 Å². The largest absolute Gasteiger partial charge is 0.528 e. The van der Waals surface area contributed by atoms with Gasteiger partial charge in [-0.3, -0.25) is 0 Å². The molecule has 13 heteroatoms. The number of hydrogen-bond donors (Lipinski definition) is 1. The first-order valence-electron chi connectivity index (χ1n) is 13.1. The number of sulfonamides is 1. The summed E-state index contributed by atoms with van der Waals surface area (Å²) in [5.74, 6) is 1.79. The number of hydrogen-bond acceptors (Lipinski definition) is 11. The molecule has 2 aliphatic heterocycles. The molecule has 1 N–H and O–H groups in total. The summed E-state index contributed by atoms with van der Waals surface area (Å²) in [6, 6.07) is 8.51. The van der Waals surface area contributed by atoms with E-state index in [1.807, 2.05) is 13.1 Å². The zero-order valence-corrected chi connectivity index (χ0v) is 23.8. The van der Waals surface area contributed by atoms with Crippen molar-refractivity contribution in [2.24, 2.45) is 5.92 Å². The van der Waals surface area contributed by atoms with Gasteiger partial charge in [0.25, 0.3) is 0 Å². The summed E-state index contributed by atoms with van der Waals surface area (Å²) in [6.45, 7) is 9.04. The number of carbonyl (C=O) groups excluding carboxylic acids is 1. The van der Waals surface area contributed by atoms with Gasteiger partial charge in [-0.05, 0) is 63.8 Å². The first-order chi connectivity index (χ1) is 18.5. The van der Waals surface area contributed by atoms with Gasteiger partial charge in [-0.25, -0.2) is 23.2 Å². The molecule has 1 aromatic carbocycles. The van der Waals surface area contributed by atoms with Gasteiger partial charge in [0.15, 0.2) is 0 Å². The normalized spacial score (nSPS) is 17.9. The standard InChI is InChI=1S/C26H38N6O6S/c1-26(2,3)37-25(33)38-31-11-9-20(10-12-31)18-30(4)24-17-23(27-19-28-24)29-21-5-7-22(8-6-21)39(34,35)32-13-15-36-16-14-32/h5-8,17,19-20H,9-16,18H2,1-4H3,(H,27,28,29). The Balaban J connectivity index is 1.28. The average Bonchev–Trinajstić information content (AvgIpc) is 2.90. The molecule has 0 spiro atoms. The van der Waals surface area contributed by atoms with Crippen LogP contribution in [0.5, 0.6) is 0 Å². The molecular weight excluding hydrogens is 524 g/mol. The molecule has 214 valence electrons. The number of anilines is 3. The molecule has 0 radical (unpaired) electrons. The van der Waals surface area contributed by atoms with Gasteiger partial charge in [-0.2, -0.15) is 4.31 Å². The van der Waals surface area contributed by atoms with Crippen molar-refractivity contribution in [3.05, 3.63) is 36.7 Å². The number of rotatable bonds is 8. The summed E-state index contributed by atoms with van der Waals surface area (Å²) < 4.78 is 37.6. The Bertz CT molecular complexity index is 1210. The minimum Gasteiger partial charge on any atom is -0.427 e. The van der Waals surface area contributed by atoms with E-state index >= 15 is 0 Å². The van der Waals surface area contributed by atoms with Gasteiger partial charge < -0.3 is 24.5 Å². The van der Waals surface area contributed by atoms with E-state index in [-0.39, 0.29) is 4.90 Å². The minimum absolute atomic E-state index is 0.251. The third-order valence-electron chi connectivity index (χ3n) is 6.48. The molecule has 0 saturated carbocycles. The van der Waals surface area contributed by atoms with Crippen LogP contribution in [0.4, 0.5) is 22.1 Å². The predicted molar refractivity (Wildman–Crippen MR) is 146 cm³/mol. The summed E-state index contributed by atoms with van der Waals surface area (Å²) in [7, 11) is -1.55. The van der Waals surface area contributed by atoms with Crippen molar-refractivity contribution in [1.82, 2.24) is 19.3 Å². The third kappa shape index (κ3) is 8.24. The van der Waals surface area contributed by atoms with E-state index in [1.165, 1.54) is 10.6 Å². The van der Waals surface area contributed by atoms with Crippen molar-refractivity contribution in [2.45, 2.75) is 44.1 Å².